The third-order valence-electron chi connectivity index (χ3n) is 8.57. The van der Waals surface area contributed by atoms with Gasteiger partial charge in [-0.15, -0.1) is 0 Å². The summed E-state index contributed by atoms with van der Waals surface area (Å²) >= 11 is 1.10. The highest BCUT2D eigenvalue weighted by Crippen LogP contribution is 2.41. The van der Waals surface area contributed by atoms with Gasteiger partial charge >= 0.3 is 6.03 Å². The van der Waals surface area contributed by atoms with Gasteiger partial charge in [0.05, 0.1) is 36.7 Å². The van der Waals surface area contributed by atoms with E-state index in [9.17, 15) is 27.6 Å². The van der Waals surface area contributed by atoms with Crippen LogP contribution in [0.3, 0.4) is 0 Å². The van der Waals surface area contributed by atoms with Crippen molar-refractivity contribution in [1.29, 1.82) is 0 Å². The molecule has 10 nitrogen and oxygen atoms in total. The van der Waals surface area contributed by atoms with Gasteiger partial charge in [-0.2, -0.15) is 0 Å². The van der Waals surface area contributed by atoms with Gasteiger partial charge in [-0.1, -0.05) is 31.1 Å². The fourth-order valence-electron chi connectivity index (χ4n) is 5.88. The Balaban J connectivity index is 1.33. The molecular formula is C27H39F3N6O4S. The van der Waals surface area contributed by atoms with Gasteiger partial charge < -0.3 is 25.6 Å². The Kier molecular flexibility index (Phi) is 8.82. The van der Waals surface area contributed by atoms with E-state index in [1.807, 2.05) is 6.92 Å². The zero-order valence-electron chi connectivity index (χ0n) is 23.5. The maximum atomic E-state index is 14.5. The molecule has 2 saturated carbocycles. The minimum absolute atomic E-state index is 0.0358. The predicted molar refractivity (Wildman–Crippen MR) is 147 cm³/mol. The van der Waals surface area contributed by atoms with Crippen LogP contribution in [0.4, 0.5) is 23.1 Å². The quantitative estimate of drug-likeness (QED) is 0.401. The molecule has 2 saturated heterocycles. The number of hydrogen-bond donors (Lipinski definition) is 3. The molecule has 1 aromatic rings. The van der Waals surface area contributed by atoms with Gasteiger partial charge in [-0.05, 0) is 44.4 Å². The molecule has 4 amide bonds. The second-order valence-electron chi connectivity index (χ2n) is 12.1. The maximum Gasteiger partial charge on any atom is 0.318 e. The first-order valence-electron chi connectivity index (χ1n) is 14.5. The van der Waals surface area contributed by atoms with Crippen molar-refractivity contribution in [3.8, 4) is 0 Å². The molecule has 3 heterocycles. The molecule has 3 N–H and O–H groups in total. The largest absolute Gasteiger partial charge is 0.376 e. The number of carbonyl (C=O) groups is 3. The molecule has 4 aliphatic rings. The highest BCUT2D eigenvalue weighted by Gasteiger charge is 2.52. The number of halogens is 3. The fourth-order valence-corrected chi connectivity index (χ4v) is 6.81. The standard InChI is InChI=1S/C27H39F3N6O4S/c1-16-3-5-18(6-4-16)21(33-23(38)26(28)7-8-26)22(37)34-24-31-11-20(41-24)19(13-35-9-10-40-17(2)12-35)36-15-27(29,30)14-32-25(36)39/h11,16-19,21H,3-10,12-15H2,1-2H3,(H,32,39)(H,33,38)(H,31,34,37)/t16?,17-,18?,19-,21+/m1/s1. The molecule has 0 bridgehead atoms. The zero-order valence-corrected chi connectivity index (χ0v) is 24.3. The van der Waals surface area contributed by atoms with Crippen molar-refractivity contribution < 1.29 is 32.3 Å². The van der Waals surface area contributed by atoms with Crippen molar-refractivity contribution in [2.75, 3.05) is 44.6 Å². The molecule has 0 radical (unpaired) electrons. The summed E-state index contributed by atoms with van der Waals surface area (Å²) in [6, 6.07) is -2.23. The van der Waals surface area contributed by atoms with Crippen molar-refractivity contribution in [2.45, 2.75) is 82.2 Å². The second kappa shape index (κ2) is 12.0. The SMILES string of the molecule is CC1CCC([C@H](NC(=O)C2(F)CC2)C(=O)Nc2ncc([C@@H](CN3CCO[C@H](C)C3)N3CC(F)(F)CNC3=O)s2)CC1. The lowest BCUT2D eigenvalue weighted by Gasteiger charge is -2.41. The van der Waals surface area contributed by atoms with Crippen molar-refractivity contribution in [2.24, 2.45) is 11.8 Å². The first kappa shape index (κ1) is 30.0. The molecule has 0 spiro atoms. The van der Waals surface area contributed by atoms with E-state index in [2.05, 4.69) is 32.8 Å². The highest BCUT2D eigenvalue weighted by atomic mass is 32.1. The van der Waals surface area contributed by atoms with E-state index in [1.165, 1.54) is 6.20 Å². The van der Waals surface area contributed by atoms with E-state index in [0.29, 0.717) is 37.0 Å². The number of urea groups is 1. The molecule has 41 heavy (non-hydrogen) atoms. The number of alkyl halides is 3. The number of hydrogen-bond acceptors (Lipinski definition) is 7. The fraction of sp³-hybridized carbons (Fsp3) is 0.778. The summed E-state index contributed by atoms with van der Waals surface area (Å²) in [5, 5.41) is 7.95. The molecule has 2 aliphatic heterocycles. The third kappa shape index (κ3) is 7.31. The predicted octanol–water partition coefficient (Wildman–Crippen LogP) is 3.32. The van der Waals surface area contributed by atoms with E-state index in [-0.39, 0.29) is 30.0 Å². The summed E-state index contributed by atoms with van der Waals surface area (Å²) in [5.41, 5.74) is -1.91. The lowest BCUT2D eigenvalue weighted by Crippen LogP contribution is -2.59. The number of thiazole rings is 1. The van der Waals surface area contributed by atoms with E-state index < -0.39 is 54.6 Å². The van der Waals surface area contributed by atoms with Crippen molar-refractivity contribution in [3.63, 3.8) is 0 Å². The monoisotopic (exact) mass is 600 g/mol. The summed E-state index contributed by atoms with van der Waals surface area (Å²) in [4.78, 5) is 46.9. The minimum Gasteiger partial charge on any atom is -0.376 e. The molecule has 0 aromatic carbocycles. The van der Waals surface area contributed by atoms with Gasteiger partial charge in [-0.25, -0.2) is 22.9 Å². The van der Waals surface area contributed by atoms with Gasteiger partial charge in [0.15, 0.2) is 10.8 Å². The van der Waals surface area contributed by atoms with Gasteiger partial charge in [0.25, 0.3) is 11.8 Å². The van der Waals surface area contributed by atoms with Gasteiger partial charge in [0.2, 0.25) is 5.91 Å². The van der Waals surface area contributed by atoms with Crippen LogP contribution >= 0.6 is 11.3 Å². The average Bonchev–Trinajstić information content (AvgIpc) is 3.52. The molecular weight excluding hydrogens is 561 g/mol. The lowest BCUT2D eigenvalue weighted by atomic mass is 9.79. The van der Waals surface area contributed by atoms with Gasteiger partial charge in [-0.3, -0.25) is 14.5 Å². The Morgan fingerprint density at radius 1 is 1.22 bits per heavy atom. The molecule has 0 unspecified atom stereocenters. The molecule has 2 aliphatic carbocycles. The normalized spacial score (nSPS) is 29.2. The van der Waals surface area contributed by atoms with Gasteiger partial charge in [0, 0.05) is 25.8 Å². The molecule has 1 aromatic heterocycles. The van der Waals surface area contributed by atoms with Crippen LogP contribution < -0.4 is 16.0 Å². The number of anilines is 1. The van der Waals surface area contributed by atoms with Crippen LogP contribution in [0.25, 0.3) is 0 Å². The van der Waals surface area contributed by atoms with Crippen LogP contribution in [0.15, 0.2) is 6.20 Å². The van der Waals surface area contributed by atoms with E-state index in [1.54, 1.807) is 0 Å². The number of nitrogens with one attached hydrogen (secondary N) is 3. The molecule has 3 atom stereocenters. The first-order valence-corrected chi connectivity index (χ1v) is 15.3. The van der Waals surface area contributed by atoms with Crippen LogP contribution in [-0.2, 0) is 14.3 Å². The second-order valence-corrected chi connectivity index (χ2v) is 13.2. The van der Waals surface area contributed by atoms with Crippen LogP contribution in [0.1, 0.15) is 63.3 Å². The lowest BCUT2D eigenvalue weighted by molar-refractivity contribution is -0.132. The van der Waals surface area contributed by atoms with E-state index in [0.717, 1.165) is 41.9 Å². The van der Waals surface area contributed by atoms with Crippen LogP contribution in [0, 0.1) is 11.8 Å². The van der Waals surface area contributed by atoms with Gasteiger partial charge in [0.1, 0.15) is 6.04 Å². The number of rotatable bonds is 9. The number of carbonyl (C=O) groups excluding carboxylic acids is 3. The van der Waals surface area contributed by atoms with Crippen molar-refractivity contribution in [1.82, 2.24) is 25.4 Å². The highest BCUT2D eigenvalue weighted by molar-refractivity contribution is 7.15. The number of morpholine rings is 1. The Hall–Kier alpha value is -2.45. The Morgan fingerprint density at radius 3 is 2.63 bits per heavy atom. The summed E-state index contributed by atoms with van der Waals surface area (Å²) in [5.74, 6) is -3.94. The third-order valence-corrected chi connectivity index (χ3v) is 9.59. The summed E-state index contributed by atoms with van der Waals surface area (Å²) in [6.45, 7) is 4.59. The zero-order chi connectivity index (χ0) is 29.4. The topological polar surface area (TPSA) is 116 Å². The number of nitrogens with zero attached hydrogens (tertiary/aromatic N) is 3. The number of aromatic nitrogens is 1. The van der Waals surface area contributed by atoms with Crippen LogP contribution in [-0.4, -0.2) is 95.7 Å². The summed E-state index contributed by atoms with van der Waals surface area (Å²) < 4.78 is 48.9. The maximum absolute atomic E-state index is 14.5. The number of ether oxygens (including phenoxy) is 1. The van der Waals surface area contributed by atoms with Crippen molar-refractivity contribution in [3.05, 3.63) is 11.1 Å². The average molecular weight is 601 g/mol. The van der Waals surface area contributed by atoms with E-state index in [4.69, 9.17) is 4.74 Å². The summed E-state index contributed by atoms with van der Waals surface area (Å²) in [7, 11) is 0. The molecule has 4 fully saturated rings. The Morgan fingerprint density at radius 2 is 1.95 bits per heavy atom. The van der Waals surface area contributed by atoms with Crippen LogP contribution in [0.2, 0.25) is 0 Å². The van der Waals surface area contributed by atoms with E-state index >= 15 is 0 Å². The minimum atomic E-state index is -3.09. The summed E-state index contributed by atoms with van der Waals surface area (Å²) in [6.07, 6.45) is 5.06. The Bertz CT molecular complexity index is 1130. The molecule has 14 heteroatoms. The Labute approximate surface area is 241 Å². The first-order chi connectivity index (χ1) is 19.4. The van der Waals surface area contributed by atoms with Crippen molar-refractivity contribution >= 4 is 34.3 Å². The smallest absolute Gasteiger partial charge is 0.318 e. The molecule has 228 valence electrons. The number of amides is 4. The molecule has 5 rings (SSSR count). The van der Waals surface area contributed by atoms with Crippen LogP contribution in [0.5, 0.6) is 0 Å².